The number of benzene rings is 3. The minimum Gasteiger partial charge on any atom is -0.491 e. The predicted octanol–water partition coefficient (Wildman–Crippen LogP) is 2.64. The van der Waals surface area contributed by atoms with Gasteiger partial charge in [0.25, 0.3) is 0 Å². The summed E-state index contributed by atoms with van der Waals surface area (Å²) < 4.78 is 74.0. The fourth-order valence-electron chi connectivity index (χ4n) is 6.32. The number of piperidine rings is 1. The molecule has 0 bridgehead atoms. The molecule has 3 saturated heterocycles. The van der Waals surface area contributed by atoms with Crippen LogP contribution < -0.4 is 14.8 Å². The van der Waals surface area contributed by atoms with Crippen LogP contribution in [0.2, 0.25) is 0 Å². The first-order valence-corrected chi connectivity index (χ1v) is 18.4. The van der Waals surface area contributed by atoms with Crippen molar-refractivity contribution in [1.82, 2.24) is 14.3 Å². The van der Waals surface area contributed by atoms with Crippen molar-refractivity contribution in [3.05, 3.63) is 66.7 Å². The summed E-state index contributed by atoms with van der Waals surface area (Å²) >= 11 is 0. The van der Waals surface area contributed by atoms with Crippen LogP contribution in [0.5, 0.6) is 5.75 Å². The lowest BCUT2D eigenvalue weighted by atomic mass is 9.88. The molecular weight excluding hydrogens is 618 g/mol. The molecule has 45 heavy (non-hydrogen) atoms. The van der Waals surface area contributed by atoms with Crippen LogP contribution in [-0.2, 0) is 29.5 Å². The van der Waals surface area contributed by atoms with Crippen molar-refractivity contribution >= 4 is 30.8 Å². The number of nitrogens with zero attached hydrogens (tertiary/aromatic N) is 1. The van der Waals surface area contributed by atoms with E-state index in [-0.39, 0.29) is 35.7 Å². The average molecular weight is 660 g/mol. The SMILES string of the molecule is O=S(=O)(NC1CCOCC1)c1cccc(OCC(O)CNC2COC3(CCN(S(=O)(=O)c4ccc5ccccc5c4)CC3)C2)c1. The maximum atomic E-state index is 13.4. The number of hydrogen-bond acceptors (Lipinski definition) is 9. The summed E-state index contributed by atoms with van der Waals surface area (Å²) in [5, 5.41) is 15.8. The zero-order chi connectivity index (χ0) is 31.5. The molecule has 3 aliphatic heterocycles. The van der Waals surface area contributed by atoms with Crippen LogP contribution in [-0.4, -0.2) is 96.1 Å². The van der Waals surface area contributed by atoms with Crippen LogP contribution in [0.25, 0.3) is 10.8 Å². The van der Waals surface area contributed by atoms with Crippen LogP contribution in [0.15, 0.2) is 76.5 Å². The van der Waals surface area contributed by atoms with Crippen molar-refractivity contribution in [1.29, 1.82) is 0 Å². The minimum atomic E-state index is -3.70. The number of nitrogens with one attached hydrogen (secondary N) is 2. The maximum Gasteiger partial charge on any atom is 0.243 e. The zero-order valence-corrected chi connectivity index (χ0v) is 26.8. The average Bonchev–Trinajstić information content (AvgIpc) is 3.45. The number of hydrogen-bond donors (Lipinski definition) is 3. The van der Waals surface area contributed by atoms with Crippen LogP contribution >= 0.6 is 0 Å². The van der Waals surface area contributed by atoms with Gasteiger partial charge in [-0.1, -0.05) is 36.4 Å². The zero-order valence-electron chi connectivity index (χ0n) is 25.1. The van der Waals surface area contributed by atoms with E-state index in [1.54, 1.807) is 28.6 Å². The molecule has 244 valence electrons. The fraction of sp³-hybridized carbons (Fsp3) is 0.500. The van der Waals surface area contributed by atoms with Crippen molar-refractivity contribution in [2.75, 3.05) is 46.1 Å². The van der Waals surface area contributed by atoms with Crippen LogP contribution in [0.3, 0.4) is 0 Å². The number of fused-ring (bicyclic) bond motifs is 1. The molecule has 1 spiro atoms. The van der Waals surface area contributed by atoms with Crippen molar-refractivity contribution in [2.24, 2.45) is 0 Å². The summed E-state index contributed by atoms with van der Waals surface area (Å²) in [5.74, 6) is 0.359. The van der Waals surface area contributed by atoms with E-state index in [0.29, 0.717) is 69.2 Å². The largest absolute Gasteiger partial charge is 0.491 e. The quantitative estimate of drug-likeness (QED) is 0.283. The van der Waals surface area contributed by atoms with E-state index < -0.39 is 26.2 Å². The lowest BCUT2D eigenvalue weighted by molar-refractivity contribution is -0.0312. The summed E-state index contributed by atoms with van der Waals surface area (Å²) in [5.41, 5.74) is -0.390. The smallest absolute Gasteiger partial charge is 0.243 e. The molecule has 0 aliphatic carbocycles. The Kier molecular flexibility index (Phi) is 9.79. The normalized spacial score (nSPS) is 22.1. The minimum absolute atomic E-state index is 0.00972. The van der Waals surface area contributed by atoms with E-state index >= 15 is 0 Å². The fourth-order valence-corrected chi connectivity index (χ4v) is 9.14. The summed E-state index contributed by atoms with van der Waals surface area (Å²) in [7, 11) is -7.31. The summed E-state index contributed by atoms with van der Waals surface area (Å²) in [6.45, 7) is 2.58. The van der Waals surface area contributed by atoms with E-state index in [0.717, 1.165) is 17.2 Å². The molecular formula is C32H41N3O8S2. The lowest BCUT2D eigenvalue weighted by Crippen LogP contribution is -2.47. The highest BCUT2D eigenvalue weighted by atomic mass is 32.2. The Labute approximate surface area is 265 Å². The summed E-state index contributed by atoms with van der Waals surface area (Å²) in [4.78, 5) is 0.420. The molecule has 3 fully saturated rings. The molecule has 3 N–H and O–H groups in total. The third kappa shape index (κ3) is 7.68. The van der Waals surface area contributed by atoms with E-state index in [2.05, 4.69) is 10.0 Å². The van der Waals surface area contributed by atoms with Crippen molar-refractivity contribution in [2.45, 2.75) is 65.7 Å². The number of ether oxygens (including phenoxy) is 3. The van der Waals surface area contributed by atoms with Gasteiger partial charge in [0.1, 0.15) is 18.5 Å². The van der Waals surface area contributed by atoms with E-state index in [1.165, 1.54) is 12.1 Å². The lowest BCUT2D eigenvalue weighted by Gasteiger charge is -2.38. The van der Waals surface area contributed by atoms with Gasteiger partial charge in [0.05, 0.1) is 22.0 Å². The Morgan fingerprint density at radius 1 is 0.911 bits per heavy atom. The number of aliphatic hydroxyl groups is 1. The van der Waals surface area contributed by atoms with Crippen molar-refractivity contribution in [3.63, 3.8) is 0 Å². The standard InChI is InChI=1S/C32H41N3O8S2/c36-28(23-42-29-6-3-7-30(19-29)44(37,38)34-26-10-16-41-17-11-26)21-33-27-20-32(43-22-27)12-14-35(15-13-32)45(39,40)31-9-8-24-4-1-2-5-25(24)18-31/h1-9,18-19,26-28,33-34,36H,10-17,20-23H2. The second-order valence-electron chi connectivity index (χ2n) is 12.2. The second-order valence-corrected chi connectivity index (χ2v) is 15.8. The molecule has 0 amide bonds. The van der Waals surface area contributed by atoms with Gasteiger partial charge in [0.2, 0.25) is 20.0 Å². The van der Waals surface area contributed by atoms with E-state index in [9.17, 15) is 21.9 Å². The topological polar surface area (TPSA) is 144 Å². The first-order chi connectivity index (χ1) is 21.6. The van der Waals surface area contributed by atoms with Crippen LogP contribution in [0.4, 0.5) is 0 Å². The first-order valence-electron chi connectivity index (χ1n) is 15.5. The van der Waals surface area contributed by atoms with Gasteiger partial charge in [-0.2, -0.15) is 4.31 Å². The summed E-state index contributed by atoms with van der Waals surface area (Å²) in [6.07, 6.45) is 2.38. The molecule has 0 saturated carbocycles. The molecule has 3 heterocycles. The Bertz CT molecular complexity index is 1690. The van der Waals surface area contributed by atoms with Gasteiger partial charge >= 0.3 is 0 Å². The van der Waals surface area contributed by atoms with E-state index in [4.69, 9.17) is 14.2 Å². The Morgan fingerprint density at radius 2 is 1.67 bits per heavy atom. The second kappa shape index (κ2) is 13.6. The van der Waals surface area contributed by atoms with Gasteiger partial charge < -0.3 is 24.6 Å². The molecule has 0 aromatic heterocycles. The molecule has 3 aromatic rings. The molecule has 2 unspecified atom stereocenters. The molecule has 13 heteroatoms. The Balaban J connectivity index is 0.951. The maximum absolute atomic E-state index is 13.4. The molecule has 11 nitrogen and oxygen atoms in total. The molecule has 0 radical (unpaired) electrons. The predicted molar refractivity (Wildman–Crippen MR) is 169 cm³/mol. The third-order valence-corrected chi connectivity index (χ3v) is 12.4. The van der Waals surface area contributed by atoms with Crippen molar-refractivity contribution in [3.8, 4) is 5.75 Å². The molecule has 2 atom stereocenters. The highest BCUT2D eigenvalue weighted by Gasteiger charge is 2.44. The van der Waals surface area contributed by atoms with E-state index in [1.807, 2.05) is 30.3 Å². The van der Waals surface area contributed by atoms with Gasteiger partial charge in [-0.15, -0.1) is 0 Å². The molecule has 3 aliphatic rings. The van der Waals surface area contributed by atoms with Crippen molar-refractivity contribution < 1.29 is 36.2 Å². The molecule has 3 aromatic carbocycles. The van der Waals surface area contributed by atoms with Gasteiger partial charge in [-0.05, 0) is 67.1 Å². The third-order valence-electron chi connectivity index (χ3n) is 8.94. The summed E-state index contributed by atoms with van der Waals surface area (Å²) in [6, 6.07) is 19.1. The molecule has 6 rings (SSSR count). The van der Waals surface area contributed by atoms with Crippen LogP contribution in [0.1, 0.15) is 32.1 Å². The van der Waals surface area contributed by atoms with Gasteiger partial charge in [-0.25, -0.2) is 21.6 Å². The monoisotopic (exact) mass is 659 g/mol. The Morgan fingerprint density at radius 3 is 2.44 bits per heavy atom. The van der Waals surface area contributed by atoms with Gasteiger partial charge in [-0.3, -0.25) is 0 Å². The number of aliphatic hydroxyl groups excluding tert-OH is 1. The number of rotatable bonds is 11. The number of sulfonamides is 2. The highest BCUT2D eigenvalue weighted by molar-refractivity contribution is 7.89. The highest BCUT2D eigenvalue weighted by Crippen LogP contribution is 2.37. The Hall–Kier alpha value is -2.62. The van der Waals surface area contributed by atoms with Gasteiger partial charge in [0.15, 0.2) is 0 Å². The van der Waals surface area contributed by atoms with Crippen LogP contribution in [0, 0.1) is 0 Å². The van der Waals surface area contributed by atoms with Gasteiger partial charge in [0, 0.05) is 51.0 Å². The first kappa shape index (κ1) is 32.3.